The van der Waals surface area contributed by atoms with Crippen molar-refractivity contribution in [3.63, 3.8) is 0 Å². The minimum absolute atomic E-state index is 0.0802. The van der Waals surface area contributed by atoms with Crippen molar-refractivity contribution in [1.29, 1.82) is 0 Å². The fourth-order valence-electron chi connectivity index (χ4n) is 1.31. The Morgan fingerprint density at radius 1 is 1.41 bits per heavy atom. The van der Waals surface area contributed by atoms with Crippen LogP contribution in [0.3, 0.4) is 0 Å². The summed E-state index contributed by atoms with van der Waals surface area (Å²) in [6.07, 6.45) is 0. The zero-order valence-electron chi connectivity index (χ0n) is 9.20. The van der Waals surface area contributed by atoms with Gasteiger partial charge in [-0.05, 0) is 29.5 Å². The van der Waals surface area contributed by atoms with E-state index in [1.54, 1.807) is 19.2 Å². The summed E-state index contributed by atoms with van der Waals surface area (Å²) in [5, 5.41) is 11.6. The SMILES string of the molecule is COc1ccc(-c2nnn(CC(N)=O)n2)cc1. The minimum atomic E-state index is -0.510. The fourth-order valence-corrected chi connectivity index (χ4v) is 1.31. The number of carbonyl (C=O) groups excluding carboxylic acids is 1. The molecule has 0 radical (unpaired) electrons. The van der Waals surface area contributed by atoms with E-state index < -0.39 is 5.91 Å². The third kappa shape index (κ3) is 2.57. The van der Waals surface area contributed by atoms with Crippen LogP contribution < -0.4 is 10.5 Å². The number of hydrogen-bond acceptors (Lipinski definition) is 5. The lowest BCUT2D eigenvalue weighted by molar-refractivity contribution is -0.118. The van der Waals surface area contributed by atoms with Crippen LogP contribution in [0, 0.1) is 0 Å². The number of ether oxygens (including phenoxy) is 1. The highest BCUT2D eigenvalue weighted by Crippen LogP contribution is 2.17. The number of amides is 1. The zero-order valence-corrected chi connectivity index (χ0v) is 9.20. The summed E-state index contributed by atoms with van der Waals surface area (Å²) >= 11 is 0. The molecule has 0 aliphatic carbocycles. The van der Waals surface area contributed by atoms with Gasteiger partial charge in [0.1, 0.15) is 12.3 Å². The number of tetrazole rings is 1. The number of aromatic nitrogens is 4. The monoisotopic (exact) mass is 233 g/mol. The van der Waals surface area contributed by atoms with E-state index in [1.165, 1.54) is 0 Å². The second kappa shape index (κ2) is 4.60. The molecule has 0 unspecified atom stereocenters. The molecular formula is C10H11N5O2. The molecule has 2 N–H and O–H groups in total. The molecule has 1 aromatic carbocycles. The smallest absolute Gasteiger partial charge is 0.241 e. The molecule has 0 saturated carbocycles. The number of methoxy groups -OCH3 is 1. The molecule has 0 bridgehead atoms. The van der Waals surface area contributed by atoms with Crippen molar-refractivity contribution in [3.05, 3.63) is 24.3 Å². The van der Waals surface area contributed by atoms with Crippen molar-refractivity contribution in [1.82, 2.24) is 20.2 Å². The average molecular weight is 233 g/mol. The summed E-state index contributed by atoms with van der Waals surface area (Å²) in [6.45, 7) is -0.0802. The Morgan fingerprint density at radius 2 is 2.12 bits per heavy atom. The van der Waals surface area contributed by atoms with E-state index in [4.69, 9.17) is 10.5 Å². The largest absolute Gasteiger partial charge is 0.497 e. The van der Waals surface area contributed by atoms with Crippen molar-refractivity contribution in [2.75, 3.05) is 7.11 Å². The van der Waals surface area contributed by atoms with Crippen molar-refractivity contribution >= 4 is 5.91 Å². The summed E-state index contributed by atoms with van der Waals surface area (Å²) in [5.41, 5.74) is 5.82. The van der Waals surface area contributed by atoms with E-state index in [-0.39, 0.29) is 6.54 Å². The lowest BCUT2D eigenvalue weighted by Crippen LogP contribution is -2.20. The maximum absolute atomic E-state index is 10.7. The van der Waals surface area contributed by atoms with E-state index in [2.05, 4.69) is 15.4 Å². The molecular weight excluding hydrogens is 222 g/mol. The molecule has 1 aromatic heterocycles. The number of nitrogens with two attached hydrogens (primary N) is 1. The zero-order chi connectivity index (χ0) is 12.3. The molecule has 0 aliphatic rings. The van der Waals surface area contributed by atoms with Crippen LogP contribution in [0.2, 0.25) is 0 Å². The maximum atomic E-state index is 10.7. The van der Waals surface area contributed by atoms with Crippen LogP contribution in [-0.4, -0.2) is 33.2 Å². The van der Waals surface area contributed by atoms with Gasteiger partial charge in [0, 0.05) is 5.56 Å². The highest BCUT2D eigenvalue weighted by atomic mass is 16.5. The first kappa shape index (κ1) is 11.1. The third-order valence-corrected chi connectivity index (χ3v) is 2.10. The van der Waals surface area contributed by atoms with E-state index in [0.29, 0.717) is 5.82 Å². The minimum Gasteiger partial charge on any atom is -0.497 e. The van der Waals surface area contributed by atoms with Gasteiger partial charge in [0.2, 0.25) is 11.7 Å². The van der Waals surface area contributed by atoms with Crippen molar-refractivity contribution in [3.8, 4) is 17.1 Å². The van der Waals surface area contributed by atoms with Crippen LogP contribution in [-0.2, 0) is 11.3 Å². The van der Waals surface area contributed by atoms with Gasteiger partial charge in [0.25, 0.3) is 0 Å². The Kier molecular flexibility index (Phi) is 2.99. The molecule has 1 amide bonds. The van der Waals surface area contributed by atoms with E-state index >= 15 is 0 Å². The molecule has 0 saturated heterocycles. The predicted octanol–water partition coefficient (Wildman–Crippen LogP) is -0.166. The Labute approximate surface area is 97.2 Å². The van der Waals surface area contributed by atoms with Crippen LogP contribution in [0.1, 0.15) is 0 Å². The van der Waals surface area contributed by atoms with E-state index in [9.17, 15) is 4.79 Å². The number of benzene rings is 1. The van der Waals surface area contributed by atoms with Crippen molar-refractivity contribution in [2.45, 2.75) is 6.54 Å². The molecule has 7 heteroatoms. The van der Waals surface area contributed by atoms with Gasteiger partial charge in [0.05, 0.1) is 7.11 Å². The predicted molar refractivity (Wildman–Crippen MR) is 59.0 cm³/mol. The van der Waals surface area contributed by atoms with Gasteiger partial charge < -0.3 is 10.5 Å². The van der Waals surface area contributed by atoms with Crippen LogP contribution >= 0.6 is 0 Å². The topological polar surface area (TPSA) is 95.9 Å². The highest BCUT2D eigenvalue weighted by molar-refractivity contribution is 5.73. The van der Waals surface area contributed by atoms with Crippen molar-refractivity contribution in [2.24, 2.45) is 5.73 Å². The molecule has 0 atom stereocenters. The van der Waals surface area contributed by atoms with Gasteiger partial charge in [0.15, 0.2) is 0 Å². The summed E-state index contributed by atoms with van der Waals surface area (Å²) in [5.74, 6) is 0.677. The van der Waals surface area contributed by atoms with Crippen molar-refractivity contribution < 1.29 is 9.53 Å². The Hall–Kier alpha value is -2.44. The second-order valence-electron chi connectivity index (χ2n) is 3.34. The standard InChI is InChI=1S/C10H11N5O2/c1-17-8-4-2-7(3-5-8)10-12-14-15(13-10)6-9(11)16/h2-5H,6H2,1H3,(H2,11,16). The normalized spacial score (nSPS) is 10.2. The molecule has 0 aliphatic heterocycles. The molecule has 88 valence electrons. The van der Waals surface area contributed by atoms with Crippen LogP contribution in [0.25, 0.3) is 11.4 Å². The molecule has 17 heavy (non-hydrogen) atoms. The van der Waals surface area contributed by atoms with Gasteiger partial charge >= 0.3 is 0 Å². The molecule has 0 fully saturated rings. The van der Waals surface area contributed by atoms with Gasteiger partial charge in [-0.1, -0.05) is 0 Å². The number of primary amides is 1. The fraction of sp³-hybridized carbons (Fsp3) is 0.200. The summed E-state index contributed by atoms with van der Waals surface area (Å²) in [6, 6.07) is 7.21. The van der Waals surface area contributed by atoms with Gasteiger partial charge in [-0.15, -0.1) is 10.2 Å². The molecule has 2 aromatic rings. The van der Waals surface area contributed by atoms with Crippen LogP contribution in [0.5, 0.6) is 5.75 Å². The lowest BCUT2D eigenvalue weighted by Gasteiger charge is -1.99. The molecule has 0 spiro atoms. The maximum Gasteiger partial charge on any atom is 0.241 e. The summed E-state index contributed by atoms with van der Waals surface area (Å²) in [4.78, 5) is 11.8. The number of rotatable bonds is 4. The molecule has 7 nitrogen and oxygen atoms in total. The Morgan fingerprint density at radius 3 is 2.71 bits per heavy atom. The van der Waals surface area contributed by atoms with Crippen LogP contribution in [0.15, 0.2) is 24.3 Å². The Balaban J connectivity index is 2.21. The Bertz CT molecular complexity index is 520. The van der Waals surface area contributed by atoms with E-state index in [1.807, 2.05) is 12.1 Å². The second-order valence-corrected chi connectivity index (χ2v) is 3.34. The average Bonchev–Trinajstić information content (AvgIpc) is 2.77. The van der Waals surface area contributed by atoms with Gasteiger partial charge in [-0.25, -0.2) is 0 Å². The number of nitrogens with zero attached hydrogens (tertiary/aromatic N) is 4. The summed E-state index contributed by atoms with van der Waals surface area (Å²) < 4.78 is 5.04. The van der Waals surface area contributed by atoms with E-state index in [0.717, 1.165) is 16.1 Å². The summed E-state index contributed by atoms with van der Waals surface area (Å²) in [7, 11) is 1.59. The number of hydrogen-bond donors (Lipinski definition) is 1. The van der Waals surface area contributed by atoms with Gasteiger partial charge in [-0.2, -0.15) is 4.80 Å². The molecule has 2 rings (SSSR count). The molecule has 1 heterocycles. The quantitative estimate of drug-likeness (QED) is 0.791. The van der Waals surface area contributed by atoms with Crippen LogP contribution in [0.4, 0.5) is 0 Å². The van der Waals surface area contributed by atoms with Gasteiger partial charge in [-0.3, -0.25) is 4.79 Å². The highest BCUT2D eigenvalue weighted by Gasteiger charge is 2.07. The first-order valence-electron chi connectivity index (χ1n) is 4.89. The first-order chi connectivity index (χ1) is 8.19. The lowest BCUT2D eigenvalue weighted by atomic mass is 10.2. The first-order valence-corrected chi connectivity index (χ1v) is 4.89. The number of carbonyl (C=O) groups is 1. The third-order valence-electron chi connectivity index (χ3n) is 2.10.